The fraction of sp³-hybridized carbons (Fsp3) is 0.786. The maximum absolute atomic E-state index is 11.8. The summed E-state index contributed by atoms with van der Waals surface area (Å²) in [6.07, 6.45) is 5.50. The van der Waals surface area contributed by atoms with E-state index in [1.54, 1.807) is 0 Å². The van der Waals surface area contributed by atoms with E-state index in [4.69, 9.17) is 0 Å². The topological polar surface area (TPSA) is 17.1 Å². The molecule has 1 heteroatoms. The van der Waals surface area contributed by atoms with Crippen molar-refractivity contribution in [3.63, 3.8) is 0 Å². The smallest absolute Gasteiger partial charge is 0.158 e. The molecule has 1 nitrogen and oxygen atoms in total. The van der Waals surface area contributed by atoms with E-state index >= 15 is 0 Å². The summed E-state index contributed by atoms with van der Waals surface area (Å²) in [7, 11) is 0. The molecule has 0 aromatic heterocycles. The first-order valence-electron chi connectivity index (χ1n) is 6.10. The van der Waals surface area contributed by atoms with Crippen LogP contribution in [0.1, 0.15) is 52.9 Å². The van der Waals surface area contributed by atoms with E-state index in [1.807, 2.05) is 0 Å². The quantitative estimate of drug-likeness (QED) is 0.552. The number of fused-ring (bicyclic) bond motifs is 1. The molecule has 0 heterocycles. The molecule has 0 bridgehead atoms. The van der Waals surface area contributed by atoms with Crippen molar-refractivity contribution in [2.24, 2.45) is 16.7 Å². The lowest BCUT2D eigenvalue weighted by Gasteiger charge is -2.54. The second kappa shape index (κ2) is 3.20. The molecule has 0 N–H and O–H groups in total. The number of allylic oxidation sites excluding steroid dienone is 1. The summed E-state index contributed by atoms with van der Waals surface area (Å²) in [5.41, 5.74) is 1.39. The van der Waals surface area contributed by atoms with Crippen LogP contribution >= 0.6 is 0 Å². The van der Waals surface area contributed by atoms with Gasteiger partial charge in [-0.25, -0.2) is 0 Å². The zero-order valence-corrected chi connectivity index (χ0v) is 10.2. The molecule has 0 spiro atoms. The van der Waals surface area contributed by atoms with Gasteiger partial charge in [-0.2, -0.15) is 0 Å². The molecular weight excluding hydrogens is 184 g/mol. The maximum atomic E-state index is 11.8. The molecule has 2 aliphatic rings. The minimum atomic E-state index is 0.0943. The predicted octanol–water partition coefficient (Wildman–Crippen LogP) is 3.74. The number of Topliss-reactive ketones (excluding diaryl/α,β-unsaturated/α-hetero) is 1. The van der Waals surface area contributed by atoms with Gasteiger partial charge in [0, 0.05) is 6.42 Å². The van der Waals surface area contributed by atoms with Crippen LogP contribution in [0.2, 0.25) is 0 Å². The molecule has 0 aliphatic heterocycles. The van der Waals surface area contributed by atoms with Crippen molar-refractivity contribution in [2.75, 3.05) is 0 Å². The lowest BCUT2D eigenvalue weighted by Crippen LogP contribution is -2.47. The van der Waals surface area contributed by atoms with E-state index in [0.717, 1.165) is 24.8 Å². The Bertz CT molecular complexity index is 313. The van der Waals surface area contributed by atoms with Gasteiger partial charge in [0.15, 0.2) is 5.78 Å². The first-order chi connectivity index (χ1) is 6.88. The fourth-order valence-corrected chi connectivity index (χ4v) is 3.94. The molecule has 0 amide bonds. The van der Waals surface area contributed by atoms with Gasteiger partial charge in [0.1, 0.15) is 0 Å². The third-order valence-electron chi connectivity index (χ3n) is 4.92. The molecule has 0 saturated heterocycles. The summed E-state index contributed by atoms with van der Waals surface area (Å²) >= 11 is 0. The highest BCUT2D eigenvalue weighted by Crippen LogP contribution is 2.58. The number of hydrogen-bond donors (Lipinski definition) is 0. The van der Waals surface area contributed by atoms with Gasteiger partial charge in [0.25, 0.3) is 0 Å². The van der Waals surface area contributed by atoms with Crippen molar-refractivity contribution in [3.05, 3.63) is 12.2 Å². The summed E-state index contributed by atoms with van der Waals surface area (Å²) in [5.74, 6) is 0.968. The molecule has 2 saturated carbocycles. The Hall–Kier alpha value is -0.590. The van der Waals surface area contributed by atoms with Gasteiger partial charge >= 0.3 is 0 Å². The van der Waals surface area contributed by atoms with Gasteiger partial charge < -0.3 is 0 Å². The Morgan fingerprint density at radius 1 is 1.27 bits per heavy atom. The zero-order valence-electron chi connectivity index (χ0n) is 10.2. The highest BCUT2D eigenvalue weighted by Gasteiger charge is 2.51. The molecule has 2 aliphatic carbocycles. The number of carbonyl (C=O) groups excluding carboxylic acids is 1. The second-order valence-corrected chi connectivity index (χ2v) is 6.25. The summed E-state index contributed by atoms with van der Waals surface area (Å²) in [5, 5.41) is 0. The maximum Gasteiger partial charge on any atom is 0.158 e. The van der Waals surface area contributed by atoms with Gasteiger partial charge in [0.2, 0.25) is 0 Å². The lowest BCUT2D eigenvalue weighted by molar-refractivity contribution is -0.122. The number of rotatable bonds is 0. The zero-order chi connectivity index (χ0) is 11.3. The molecule has 1 unspecified atom stereocenters. The first kappa shape index (κ1) is 10.9. The molecule has 0 aromatic rings. The van der Waals surface area contributed by atoms with Crippen molar-refractivity contribution in [1.29, 1.82) is 0 Å². The van der Waals surface area contributed by atoms with Crippen LogP contribution in [0.3, 0.4) is 0 Å². The highest BCUT2D eigenvalue weighted by molar-refractivity contribution is 5.97. The van der Waals surface area contributed by atoms with Crippen LogP contribution in [0.25, 0.3) is 0 Å². The van der Waals surface area contributed by atoms with E-state index in [-0.39, 0.29) is 5.41 Å². The summed E-state index contributed by atoms with van der Waals surface area (Å²) in [4.78, 5) is 11.8. The van der Waals surface area contributed by atoms with Gasteiger partial charge in [-0.1, -0.05) is 33.8 Å². The van der Waals surface area contributed by atoms with Crippen molar-refractivity contribution >= 4 is 5.78 Å². The Morgan fingerprint density at radius 2 is 1.93 bits per heavy atom. The number of hydrogen-bond acceptors (Lipinski definition) is 1. The molecule has 0 radical (unpaired) electrons. The van der Waals surface area contributed by atoms with Crippen LogP contribution in [0, 0.1) is 16.7 Å². The van der Waals surface area contributed by atoms with Crippen LogP contribution < -0.4 is 0 Å². The van der Waals surface area contributed by atoms with Crippen LogP contribution in [0.5, 0.6) is 0 Å². The highest BCUT2D eigenvalue weighted by atomic mass is 16.1. The standard InChI is InChI=1S/C14H22O/c1-10-11(15)6-7-12-13(2,3)8-5-9-14(10,12)4/h12H,1,5-9H2,2-4H3/t12?,14-/m1/s1. The lowest BCUT2D eigenvalue weighted by atomic mass is 9.50. The monoisotopic (exact) mass is 206 g/mol. The Kier molecular flexibility index (Phi) is 2.33. The van der Waals surface area contributed by atoms with Crippen LogP contribution in [-0.2, 0) is 4.79 Å². The summed E-state index contributed by atoms with van der Waals surface area (Å²) in [6.45, 7) is 11.0. The minimum absolute atomic E-state index is 0.0943. The summed E-state index contributed by atoms with van der Waals surface area (Å²) in [6, 6.07) is 0. The van der Waals surface area contributed by atoms with Gasteiger partial charge in [-0.3, -0.25) is 4.79 Å². The minimum Gasteiger partial charge on any atom is -0.295 e. The van der Waals surface area contributed by atoms with Crippen molar-refractivity contribution in [2.45, 2.75) is 52.9 Å². The SMILES string of the molecule is C=C1C(=O)CCC2C(C)(C)CCC[C@]12C. The largest absolute Gasteiger partial charge is 0.295 e. The number of carbonyl (C=O) groups is 1. The van der Waals surface area contributed by atoms with Gasteiger partial charge in [-0.15, -0.1) is 0 Å². The Balaban J connectivity index is 2.38. The third kappa shape index (κ3) is 1.47. The molecule has 2 fully saturated rings. The average molecular weight is 206 g/mol. The van der Waals surface area contributed by atoms with E-state index in [2.05, 4.69) is 27.4 Å². The van der Waals surface area contributed by atoms with Crippen molar-refractivity contribution < 1.29 is 4.79 Å². The van der Waals surface area contributed by atoms with E-state index < -0.39 is 0 Å². The van der Waals surface area contributed by atoms with E-state index in [0.29, 0.717) is 17.1 Å². The predicted molar refractivity (Wildman–Crippen MR) is 62.6 cm³/mol. The fourth-order valence-electron chi connectivity index (χ4n) is 3.94. The third-order valence-corrected chi connectivity index (χ3v) is 4.92. The van der Waals surface area contributed by atoms with Crippen molar-refractivity contribution in [3.8, 4) is 0 Å². The molecule has 15 heavy (non-hydrogen) atoms. The Labute approximate surface area is 92.9 Å². The second-order valence-electron chi connectivity index (χ2n) is 6.25. The van der Waals surface area contributed by atoms with Gasteiger partial charge in [-0.05, 0) is 41.6 Å². The molecule has 2 rings (SSSR count). The van der Waals surface area contributed by atoms with Crippen molar-refractivity contribution in [1.82, 2.24) is 0 Å². The van der Waals surface area contributed by atoms with Crippen LogP contribution in [-0.4, -0.2) is 5.78 Å². The molecule has 2 atom stereocenters. The molecule has 0 aromatic carbocycles. The first-order valence-corrected chi connectivity index (χ1v) is 6.10. The number of ketones is 1. The summed E-state index contributed by atoms with van der Waals surface area (Å²) < 4.78 is 0. The average Bonchev–Trinajstić information content (AvgIpc) is 2.12. The normalized spacial score (nSPS) is 40.1. The Morgan fingerprint density at radius 3 is 2.60 bits per heavy atom. The molecule has 84 valence electrons. The van der Waals surface area contributed by atoms with E-state index in [1.165, 1.54) is 12.8 Å². The van der Waals surface area contributed by atoms with E-state index in [9.17, 15) is 4.79 Å². The van der Waals surface area contributed by atoms with Gasteiger partial charge in [0.05, 0.1) is 0 Å². The van der Waals surface area contributed by atoms with Crippen LogP contribution in [0.4, 0.5) is 0 Å². The van der Waals surface area contributed by atoms with Crippen LogP contribution in [0.15, 0.2) is 12.2 Å². The molecular formula is C14H22O.